The number of carbonyl (C=O) groups excluding carboxylic acids is 1. The van der Waals surface area contributed by atoms with Crippen molar-refractivity contribution >= 4 is 33.0 Å². The van der Waals surface area contributed by atoms with Crippen LogP contribution in [0, 0.1) is 11.3 Å². The number of nitrogens with zero attached hydrogens (tertiary/aromatic N) is 3. The number of nitriles is 1. The molecule has 1 aromatic rings. The van der Waals surface area contributed by atoms with E-state index in [9.17, 15) is 13.2 Å². The first-order valence-electron chi connectivity index (χ1n) is 9.02. The minimum atomic E-state index is -2.85. The van der Waals surface area contributed by atoms with Crippen LogP contribution in [0.25, 0.3) is 0 Å². The predicted molar refractivity (Wildman–Crippen MR) is 104 cm³/mol. The van der Waals surface area contributed by atoms with Crippen LogP contribution in [-0.4, -0.2) is 74.4 Å². The summed E-state index contributed by atoms with van der Waals surface area (Å²) in [7, 11) is -2.85. The number of halogens is 1. The topological polar surface area (TPSA) is 93.5 Å². The molecule has 7 nitrogen and oxygen atoms in total. The summed E-state index contributed by atoms with van der Waals surface area (Å²) in [6.07, 6.45) is 1.10. The lowest BCUT2D eigenvalue weighted by Crippen LogP contribution is -2.51. The zero-order valence-corrected chi connectivity index (χ0v) is 16.6. The van der Waals surface area contributed by atoms with Crippen molar-refractivity contribution in [2.45, 2.75) is 18.9 Å². The third-order valence-corrected chi connectivity index (χ3v) is 7.22. The highest BCUT2D eigenvalue weighted by Crippen LogP contribution is 2.21. The fourth-order valence-corrected chi connectivity index (χ4v) is 5.57. The van der Waals surface area contributed by atoms with E-state index in [2.05, 4.69) is 15.1 Å². The van der Waals surface area contributed by atoms with Crippen molar-refractivity contribution in [2.24, 2.45) is 0 Å². The molecule has 9 heteroatoms. The molecule has 27 heavy (non-hydrogen) atoms. The number of sulfone groups is 1. The number of amides is 1. The van der Waals surface area contributed by atoms with Crippen molar-refractivity contribution < 1.29 is 13.2 Å². The maximum absolute atomic E-state index is 12.1. The molecule has 3 rings (SSSR count). The smallest absolute Gasteiger partial charge is 0.225 e. The Morgan fingerprint density at radius 2 is 2.04 bits per heavy atom. The Labute approximate surface area is 164 Å². The van der Waals surface area contributed by atoms with E-state index in [0.29, 0.717) is 35.0 Å². The van der Waals surface area contributed by atoms with Gasteiger partial charge in [-0.2, -0.15) is 5.26 Å². The molecule has 1 N–H and O–H groups in total. The van der Waals surface area contributed by atoms with Crippen molar-refractivity contribution in [3.63, 3.8) is 0 Å². The average molecular weight is 411 g/mol. The van der Waals surface area contributed by atoms with E-state index in [1.54, 1.807) is 18.2 Å². The minimum absolute atomic E-state index is 0.0971. The summed E-state index contributed by atoms with van der Waals surface area (Å²) >= 11 is 5.97. The SMILES string of the molecule is N#Cc1ccc(NC(=O)CCN2CCN(C3CCS(=O)(=O)C3)CC2)cc1Cl. The summed E-state index contributed by atoms with van der Waals surface area (Å²) in [5, 5.41) is 12.0. The normalized spacial score (nSPS) is 23.0. The standard InChI is InChI=1S/C18H23ClN4O3S/c19-17-11-15(2-1-14(17)12-20)21-18(24)3-5-22-6-8-23(9-7-22)16-4-10-27(25,26)13-16/h1-2,11,16H,3-10,13H2,(H,21,24). The highest BCUT2D eigenvalue weighted by Gasteiger charge is 2.33. The molecular formula is C18H23ClN4O3S. The Balaban J connectivity index is 1.40. The largest absolute Gasteiger partial charge is 0.326 e. The Hall–Kier alpha value is -1.66. The first-order chi connectivity index (χ1) is 12.9. The van der Waals surface area contributed by atoms with Gasteiger partial charge in [-0.05, 0) is 24.6 Å². The third-order valence-electron chi connectivity index (χ3n) is 5.16. The quantitative estimate of drug-likeness (QED) is 0.787. The maximum atomic E-state index is 12.1. The summed E-state index contributed by atoms with van der Waals surface area (Å²) in [6, 6.07) is 6.96. The summed E-state index contributed by atoms with van der Waals surface area (Å²) in [6.45, 7) is 4.02. The van der Waals surface area contributed by atoms with Gasteiger partial charge in [0.1, 0.15) is 6.07 Å². The molecule has 1 aromatic carbocycles. The van der Waals surface area contributed by atoms with E-state index in [-0.39, 0.29) is 17.7 Å². The zero-order chi connectivity index (χ0) is 19.4. The van der Waals surface area contributed by atoms with Crippen LogP contribution >= 0.6 is 11.6 Å². The second kappa shape index (κ2) is 8.57. The van der Waals surface area contributed by atoms with Crippen molar-refractivity contribution in [1.29, 1.82) is 5.26 Å². The minimum Gasteiger partial charge on any atom is -0.326 e. The van der Waals surface area contributed by atoms with Gasteiger partial charge in [0.15, 0.2) is 9.84 Å². The molecule has 2 aliphatic heterocycles. The molecule has 2 saturated heterocycles. The van der Waals surface area contributed by atoms with Crippen molar-refractivity contribution in [3.8, 4) is 6.07 Å². The van der Waals surface area contributed by atoms with E-state index in [0.717, 1.165) is 32.6 Å². The molecule has 146 valence electrons. The Kier molecular flexibility index (Phi) is 6.37. The number of benzene rings is 1. The molecule has 2 heterocycles. The summed E-state index contributed by atoms with van der Waals surface area (Å²) in [5.74, 6) is 0.486. The Morgan fingerprint density at radius 1 is 1.30 bits per heavy atom. The predicted octanol–water partition coefficient (Wildman–Crippen LogP) is 1.34. The zero-order valence-electron chi connectivity index (χ0n) is 15.0. The molecule has 0 radical (unpaired) electrons. The molecule has 0 spiro atoms. The van der Waals surface area contributed by atoms with Gasteiger partial charge in [-0.15, -0.1) is 0 Å². The maximum Gasteiger partial charge on any atom is 0.225 e. The fraction of sp³-hybridized carbons (Fsp3) is 0.556. The number of hydrogen-bond donors (Lipinski definition) is 1. The van der Waals surface area contributed by atoms with Gasteiger partial charge in [0, 0.05) is 50.9 Å². The van der Waals surface area contributed by atoms with E-state index in [1.165, 1.54) is 0 Å². The van der Waals surface area contributed by atoms with E-state index in [1.807, 2.05) is 6.07 Å². The summed E-state index contributed by atoms with van der Waals surface area (Å²) in [4.78, 5) is 16.6. The lowest BCUT2D eigenvalue weighted by atomic mass is 10.2. The molecule has 1 atom stereocenters. The van der Waals surface area contributed by atoms with Gasteiger partial charge in [0.2, 0.25) is 5.91 Å². The molecule has 0 aliphatic carbocycles. The molecule has 0 aromatic heterocycles. The highest BCUT2D eigenvalue weighted by molar-refractivity contribution is 7.91. The van der Waals surface area contributed by atoms with Gasteiger partial charge in [-0.1, -0.05) is 11.6 Å². The van der Waals surface area contributed by atoms with Crippen LogP contribution < -0.4 is 5.32 Å². The number of anilines is 1. The number of carbonyl (C=O) groups is 1. The van der Waals surface area contributed by atoms with Gasteiger partial charge in [0.05, 0.1) is 22.1 Å². The summed E-state index contributed by atoms with van der Waals surface area (Å²) in [5.41, 5.74) is 0.957. The van der Waals surface area contributed by atoms with E-state index < -0.39 is 9.84 Å². The number of nitrogens with one attached hydrogen (secondary N) is 1. The van der Waals surface area contributed by atoms with E-state index in [4.69, 9.17) is 16.9 Å². The first-order valence-corrected chi connectivity index (χ1v) is 11.2. The Morgan fingerprint density at radius 3 is 2.63 bits per heavy atom. The van der Waals surface area contributed by atoms with Gasteiger partial charge >= 0.3 is 0 Å². The number of hydrogen-bond acceptors (Lipinski definition) is 6. The monoisotopic (exact) mass is 410 g/mol. The van der Waals surface area contributed by atoms with Gasteiger partial charge in [0.25, 0.3) is 0 Å². The van der Waals surface area contributed by atoms with Crippen LogP contribution in [0.5, 0.6) is 0 Å². The average Bonchev–Trinajstić information content (AvgIpc) is 3.00. The fourth-order valence-electron chi connectivity index (χ4n) is 3.58. The van der Waals surface area contributed by atoms with Crippen LogP contribution in [0.2, 0.25) is 5.02 Å². The first kappa shape index (κ1) is 20.1. The van der Waals surface area contributed by atoms with Crippen LogP contribution in [-0.2, 0) is 14.6 Å². The van der Waals surface area contributed by atoms with Crippen LogP contribution in [0.15, 0.2) is 18.2 Å². The molecule has 1 amide bonds. The Bertz CT molecular complexity index is 845. The molecule has 2 fully saturated rings. The third kappa shape index (κ3) is 5.42. The van der Waals surface area contributed by atoms with Crippen molar-refractivity contribution in [3.05, 3.63) is 28.8 Å². The molecule has 1 unspecified atom stereocenters. The lowest BCUT2D eigenvalue weighted by Gasteiger charge is -2.37. The number of piperazine rings is 1. The second-order valence-corrected chi connectivity index (χ2v) is 9.67. The second-order valence-electron chi connectivity index (χ2n) is 7.04. The molecule has 0 bridgehead atoms. The van der Waals surface area contributed by atoms with Crippen molar-refractivity contribution in [1.82, 2.24) is 9.80 Å². The van der Waals surface area contributed by atoms with Gasteiger partial charge < -0.3 is 10.2 Å². The van der Waals surface area contributed by atoms with Crippen LogP contribution in [0.1, 0.15) is 18.4 Å². The van der Waals surface area contributed by atoms with Crippen LogP contribution in [0.3, 0.4) is 0 Å². The van der Waals surface area contributed by atoms with Crippen LogP contribution in [0.4, 0.5) is 5.69 Å². The van der Waals surface area contributed by atoms with Gasteiger partial charge in [-0.3, -0.25) is 9.69 Å². The molecule has 2 aliphatic rings. The highest BCUT2D eigenvalue weighted by atomic mass is 35.5. The summed E-state index contributed by atoms with van der Waals surface area (Å²) < 4.78 is 23.3. The number of rotatable bonds is 5. The van der Waals surface area contributed by atoms with Gasteiger partial charge in [-0.25, -0.2) is 8.42 Å². The van der Waals surface area contributed by atoms with Crippen molar-refractivity contribution in [2.75, 3.05) is 49.5 Å². The van der Waals surface area contributed by atoms with E-state index >= 15 is 0 Å². The molecule has 0 saturated carbocycles. The molecular weight excluding hydrogens is 388 g/mol. The lowest BCUT2D eigenvalue weighted by molar-refractivity contribution is -0.116.